The largest absolute Gasteiger partial charge is 0.508 e. The number of phenolic OH excluding ortho intramolecular Hbond substituents is 1. The van der Waals surface area contributed by atoms with Gasteiger partial charge in [0.1, 0.15) is 5.75 Å². The zero-order valence-corrected chi connectivity index (χ0v) is 18.3. The highest BCUT2D eigenvalue weighted by Gasteiger charge is 2.30. The van der Waals surface area contributed by atoms with Crippen LogP contribution < -0.4 is 0 Å². The van der Waals surface area contributed by atoms with Crippen LogP contribution in [0.2, 0.25) is 5.02 Å². The van der Waals surface area contributed by atoms with Gasteiger partial charge in [0.2, 0.25) is 10.0 Å². The third-order valence-corrected chi connectivity index (χ3v) is 7.39. The van der Waals surface area contributed by atoms with E-state index in [-0.39, 0.29) is 38.8 Å². The first-order chi connectivity index (χ1) is 14.1. The van der Waals surface area contributed by atoms with E-state index in [4.69, 9.17) is 11.6 Å². The minimum absolute atomic E-state index is 0.00218. The van der Waals surface area contributed by atoms with Crippen molar-refractivity contribution in [3.8, 4) is 5.75 Å². The minimum atomic E-state index is -3.69. The monoisotopic (exact) mass is 450 g/mol. The second-order valence-electron chi connectivity index (χ2n) is 7.41. The van der Waals surface area contributed by atoms with Crippen molar-refractivity contribution >= 4 is 33.3 Å². The van der Waals surface area contributed by atoms with Gasteiger partial charge in [-0.2, -0.15) is 0 Å². The molecular formula is C21H23ClN2O5S. The third kappa shape index (κ3) is 4.50. The molecule has 30 heavy (non-hydrogen) atoms. The van der Waals surface area contributed by atoms with Gasteiger partial charge in [0.25, 0.3) is 5.91 Å². The molecule has 0 radical (unpaired) electrons. The number of halogens is 1. The maximum absolute atomic E-state index is 13.0. The predicted octanol–water partition coefficient (Wildman–Crippen LogP) is 3.03. The van der Waals surface area contributed by atoms with Crippen LogP contribution in [0.1, 0.15) is 33.6 Å². The maximum atomic E-state index is 13.0. The number of likely N-dealkylation sites (tertiary alicyclic amines) is 1. The highest BCUT2D eigenvalue weighted by Crippen LogP contribution is 2.27. The van der Waals surface area contributed by atoms with Crippen LogP contribution in [0, 0.1) is 5.92 Å². The number of phenols is 1. The van der Waals surface area contributed by atoms with E-state index < -0.39 is 10.0 Å². The van der Waals surface area contributed by atoms with Crippen molar-refractivity contribution in [3.05, 3.63) is 58.6 Å². The summed E-state index contributed by atoms with van der Waals surface area (Å²) in [4.78, 5) is 27.2. The fourth-order valence-corrected chi connectivity index (χ4v) is 4.54. The molecule has 2 aromatic carbocycles. The Balaban J connectivity index is 1.72. The number of sulfonamides is 1. The Bertz CT molecular complexity index is 1060. The second-order valence-corrected chi connectivity index (χ2v) is 9.97. The summed E-state index contributed by atoms with van der Waals surface area (Å²) in [5, 5.41) is 9.55. The summed E-state index contributed by atoms with van der Waals surface area (Å²) >= 11 is 6.18. The minimum Gasteiger partial charge on any atom is -0.508 e. The summed E-state index contributed by atoms with van der Waals surface area (Å²) in [6, 6.07) is 10.2. The van der Waals surface area contributed by atoms with Crippen molar-refractivity contribution < 1.29 is 23.1 Å². The number of aromatic hydroxyl groups is 1. The van der Waals surface area contributed by atoms with Gasteiger partial charge in [-0.3, -0.25) is 9.59 Å². The topological polar surface area (TPSA) is 95.0 Å². The Morgan fingerprint density at radius 1 is 1.07 bits per heavy atom. The predicted molar refractivity (Wildman–Crippen MR) is 113 cm³/mol. The lowest BCUT2D eigenvalue weighted by atomic mass is 9.88. The quantitative estimate of drug-likeness (QED) is 0.706. The summed E-state index contributed by atoms with van der Waals surface area (Å²) in [6.07, 6.45) is 0.998. The molecular weight excluding hydrogens is 428 g/mol. The van der Waals surface area contributed by atoms with Gasteiger partial charge < -0.3 is 10.0 Å². The van der Waals surface area contributed by atoms with Crippen molar-refractivity contribution in [1.29, 1.82) is 0 Å². The number of hydrogen-bond donors (Lipinski definition) is 1. The smallest absolute Gasteiger partial charge is 0.255 e. The lowest BCUT2D eigenvalue weighted by Gasteiger charge is -2.31. The number of hydrogen-bond acceptors (Lipinski definition) is 5. The van der Waals surface area contributed by atoms with Gasteiger partial charge in [0, 0.05) is 38.7 Å². The number of ketones is 1. The van der Waals surface area contributed by atoms with Crippen molar-refractivity contribution in [2.24, 2.45) is 5.92 Å². The molecule has 1 fully saturated rings. The molecule has 2 aromatic rings. The van der Waals surface area contributed by atoms with E-state index in [1.54, 1.807) is 17.0 Å². The van der Waals surface area contributed by atoms with Crippen LogP contribution in [0.4, 0.5) is 0 Å². The van der Waals surface area contributed by atoms with Gasteiger partial charge in [0.05, 0.1) is 15.5 Å². The average molecular weight is 451 g/mol. The van der Waals surface area contributed by atoms with Crippen LogP contribution in [0.5, 0.6) is 5.75 Å². The van der Waals surface area contributed by atoms with Gasteiger partial charge in [0.15, 0.2) is 5.78 Å². The van der Waals surface area contributed by atoms with Crippen molar-refractivity contribution in [2.75, 3.05) is 27.2 Å². The molecule has 3 rings (SSSR count). The molecule has 1 aliphatic heterocycles. The normalized spacial score (nSPS) is 15.4. The van der Waals surface area contributed by atoms with Gasteiger partial charge in [-0.05, 0) is 55.3 Å². The lowest BCUT2D eigenvalue weighted by molar-refractivity contribution is 0.0650. The molecule has 0 unspecified atom stereocenters. The number of benzene rings is 2. The number of carbonyl (C=O) groups excluding carboxylic acids is 2. The Hall–Kier alpha value is -2.42. The molecule has 1 aliphatic rings. The summed E-state index contributed by atoms with van der Waals surface area (Å²) in [7, 11) is -0.857. The second kappa shape index (κ2) is 8.75. The SMILES string of the molecule is CN(C)S(=O)(=O)c1ccc(Cl)c(C(=O)N2CCC(C(=O)c3ccc(O)cc3)CC2)c1. The van der Waals surface area contributed by atoms with Crippen LogP contribution in [0.25, 0.3) is 0 Å². The van der Waals surface area contributed by atoms with E-state index in [1.165, 1.54) is 44.4 Å². The fourth-order valence-electron chi connectivity index (χ4n) is 3.42. The molecule has 0 aromatic heterocycles. The number of rotatable bonds is 5. The average Bonchev–Trinajstić information content (AvgIpc) is 2.73. The first-order valence-electron chi connectivity index (χ1n) is 9.46. The molecule has 160 valence electrons. The Morgan fingerprint density at radius 3 is 2.23 bits per heavy atom. The molecule has 1 N–H and O–H groups in total. The number of piperidine rings is 1. The van der Waals surface area contributed by atoms with E-state index in [0.717, 1.165) is 4.31 Å². The Morgan fingerprint density at radius 2 is 1.67 bits per heavy atom. The first-order valence-corrected chi connectivity index (χ1v) is 11.3. The highest BCUT2D eigenvalue weighted by atomic mass is 35.5. The number of carbonyl (C=O) groups is 2. The molecule has 9 heteroatoms. The van der Waals surface area contributed by atoms with E-state index in [9.17, 15) is 23.1 Å². The van der Waals surface area contributed by atoms with Crippen LogP contribution in [-0.2, 0) is 10.0 Å². The summed E-state index contributed by atoms with van der Waals surface area (Å²) < 4.78 is 25.8. The molecule has 1 heterocycles. The Kier molecular flexibility index (Phi) is 6.50. The molecule has 1 saturated heterocycles. The molecule has 0 aliphatic carbocycles. The molecule has 7 nitrogen and oxygen atoms in total. The standard InChI is InChI=1S/C21H23ClN2O5S/c1-23(2)30(28,29)17-7-8-19(22)18(13-17)21(27)24-11-9-15(10-12-24)20(26)14-3-5-16(25)6-4-14/h3-8,13,15,25H,9-12H2,1-2H3. The number of Topliss-reactive ketones (excluding diaryl/α,β-unsaturated/α-hetero) is 1. The van der Waals surface area contributed by atoms with Crippen LogP contribution in [-0.4, -0.2) is 61.6 Å². The first kappa shape index (κ1) is 22.3. The molecule has 1 amide bonds. The van der Waals surface area contributed by atoms with Crippen LogP contribution in [0.15, 0.2) is 47.4 Å². The van der Waals surface area contributed by atoms with E-state index in [1.807, 2.05) is 0 Å². The van der Waals surface area contributed by atoms with Crippen molar-refractivity contribution in [2.45, 2.75) is 17.7 Å². The van der Waals surface area contributed by atoms with Crippen molar-refractivity contribution in [1.82, 2.24) is 9.21 Å². The van der Waals surface area contributed by atoms with E-state index in [0.29, 0.717) is 31.5 Å². The van der Waals surface area contributed by atoms with Gasteiger partial charge >= 0.3 is 0 Å². The van der Waals surface area contributed by atoms with Crippen LogP contribution in [0.3, 0.4) is 0 Å². The third-order valence-electron chi connectivity index (χ3n) is 5.25. The lowest BCUT2D eigenvalue weighted by Crippen LogP contribution is -2.40. The highest BCUT2D eigenvalue weighted by molar-refractivity contribution is 7.89. The van der Waals surface area contributed by atoms with Gasteiger partial charge in [-0.1, -0.05) is 11.6 Å². The maximum Gasteiger partial charge on any atom is 0.255 e. The summed E-state index contributed by atoms with van der Waals surface area (Å²) in [5.74, 6) is -0.484. The van der Waals surface area contributed by atoms with E-state index >= 15 is 0 Å². The van der Waals surface area contributed by atoms with Gasteiger partial charge in [-0.15, -0.1) is 0 Å². The fraction of sp³-hybridized carbons (Fsp3) is 0.333. The van der Waals surface area contributed by atoms with E-state index in [2.05, 4.69) is 0 Å². The molecule has 0 saturated carbocycles. The zero-order chi connectivity index (χ0) is 22.1. The summed E-state index contributed by atoms with van der Waals surface area (Å²) in [6.45, 7) is 0.739. The number of amides is 1. The number of nitrogens with zero attached hydrogens (tertiary/aromatic N) is 2. The van der Waals surface area contributed by atoms with Gasteiger partial charge in [-0.25, -0.2) is 12.7 Å². The Labute approximate surface area is 180 Å². The molecule has 0 bridgehead atoms. The zero-order valence-electron chi connectivity index (χ0n) is 16.7. The summed E-state index contributed by atoms with van der Waals surface area (Å²) in [5.41, 5.74) is 0.658. The van der Waals surface area contributed by atoms with Crippen molar-refractivity contribution in [3.63, 3.8) is 0 Å². The molecule has 0 atom stereocenters. The van der Waals surface area contributed by atoms with Crippen LogP contribution >= 0.6 is 11.6 Å². The molecule has 0 spiro atoms.